The highest BCUT2D eigenvalue weighted by atomic mass is 35.5. The van der Waals surface area contributed by atoms with Crippen molar-refractivity contribution in [3.8, 4) is 0 Å². The van der Waals surface area contributed by atoms with Gasteiger partial charge in [0.05, 0.1) is 19.6 Å². The Morgan fingerprint density at radius 2 is 1.60 bits per heavy atom. The van der Waals surface area contributed by atoms with Gasteiger partial charge in [0.1, 0.15) is 0 Å². The normalized spacial score (nSPS) is 32.7. The maximum atomic E-state index is 12.5. The van der Waals surface area contributed by atoms with Crippen LogP contribution in [0.15, 0.2) is 0 Å². The van der Waals surface area contributed by atoms with E-state index in [0.717, 1.165) is 0 Å². The third-order valence-electron chi connectivity index (χ3n) is 5.81. The Labute approximate surface area is 188 Å². The summed E-state index contributed by atoms with van der Waals surface area (Å²) in [5.41, 5.74) is 11.9. The van der Waals surface area contributed by atoms with Crippen molar-refractivity contribution in [2.24, 2.45) is 23.3 Å². The zero-order valence-corrected chi connectivity index (χ0v) is 19.0. The number of ether oxygens (including phenoxy) is 1. The third-order valence-corrected chi connectivity index (χ3v) is 6.52. The highest BCUT2D eigenvalue weighted by molar-refractivity contribution is 6.23. The molecule has 5 atom stereocenters. The quantitative estimate of drug-likeness (QED) is 0.312. The first kappa shape index (κ1) is 25.2. The Hall–Kier alpha value is -1.09. The molecule has 0 aliphatic heterocycles. The number of nitrogens with two attached hydrogens (primary N) is 2. The largest absolute Gasteiger partial charge is 0.466 e. The molecule has 0 bridgehead atoms. The molecule has 2 aliphatic rings. The zero-order valence-electron chi connectivity index (χ0n) is 17.4. The van der Waals surface area contributed by atoms with E-state index >= 15 is 0 Å². The lowest BCUT2D eigenvalue weighted by atomic mass is 9.82. The van der Waals surface area contributed by atoms with Gasteiger partial charge in [0.15, 0.2) is 0 Å². The molecule has 0 radical (unpaired) electrons. The van der Waals surface area contributed by atoms with Crippen molar-refractivity contribution >= 4 is 41.0 Å². The van der Waals surface area contributed by atoms with Gasteiger partial charge in [0.2, 0.25) is 11.8 Å². The predicted molar refractivity (Wildman–Crippen MR) is 116 cm³/mol. The molecule has 0 aromatic heterocycles. The molecular weight excluding hydrogens is 431 g/mol. The number of hydrogen-bond acceptors (Lipinski definition) is 6. The minimum absolute atomic E-state index is 0.0394. The SMILES string of the molecule is CCOC(=O)CC(NC(=O)CNC(=O)C1CC(N)CC(N)C1)C1CC(Cl)CC(Cl)C1. The van der Waals surface area contributed by atoms with Gasteiger partial charge in [-0.1, -0.05) is 0 Å². The van der Waals surface area contributed by atoms with Crippen LogP contribution in [0, 0.1) is 11.8 Å². The Morgan fingerprint density at radius 3 is 2.17 bits per heavy atom. The van der Waals surface area contributed by atoms with Crippen molar-refractivity contribution in [2.75, 3.05) is 13.2 Å². The number of carbonyl (C=O) groups excluding carboxylic acids is 3. The molecule has 2 aliphatic carbocycles. The summed E-state index contributed by atoms with van der Waals surface area (Å²) < 4.78 is 5.05. The van der Waals surface area contributed by atoms with Gasteiger partial charge in [-0.25, -0.2) is 0 Å². The summed E-state index contributed by atoms with van der Waals surface area (Å²) in [5, 5.41) is 5.33. The summed E-state index contributed by atoms with van der Waals surface area (Å²) >= 11 is 12.6. The van der Waals surface area contributed by atoms with Crippen molar-refractivity contribution < 1.29 is 19.1 Å². The number of amides is 2. The Morgan fingerprint density at radius 1 is 1.00 bits per heavy atom. The van der Waals surface area contributed by atoms with E-state index in [1.54, 1.807) is 6.92 Å². The number of esters is 1. The molecule has 0 aromatic carbocycles. The summed E-state index contributed by atoms with van der Waals surface area (Å²) in [7, 11) is 0. The topological polar surface area (TPSA) is 137 Å². The van der Waals surface area contributed by atoms with Crippen LogP contribution in [0.25, 0.3) is 0 Å². The Balaban J connectivity index is 1.91. The molecule has 172 valence electrons. The van der Waals surface area contributed by atoms with Gasteiger partial charge >= 0.3 is 5.97 Å². The third kappa shape index (κ3) is 8.21. The number of alkyl halides is 2. The molecule has 30 heavy (non-hydrogen) atoms. The van der Waals surface area contributed by atoms with Crippen LogP contribution in [0.2, 0.25) is 0 Å². The monoisotopic (exact) mass is 464 g/mol. The molecule has 0 saturated heterocycles. The van der Waals surface area contributed by atoms with Crippen LogP contribution in [0.5, 0.6) is 0 Å². The van der Waals surface area contributed by atoms with Gasteiger partial charge in [-0.05, 0) is 51.4 Å². The molecule has 2 saturated carbocycles. The number of hydrogen-bond donors (Lipinski definition) is 4. The molecule has 6 N–H and O–H groups in total. The average Bonchev–Trinajstić information content (AvgIpc) is 2.64. The number of halogens is 2. The second-order valence-electron chi connectivity index (χ2n) is 8.49. The van der Waals surface area contributed by atoms with Gasteiger partial charge in [-0.2, -0.15) is 0 Å². The highest BCUT2D eigenvalue weighted by Crippen LogP contribution is 2.34. The first-order valence-corrected chi connectivity index (χ1v) is 11.6. The standard InChI is InChI=1S/C20H34Cl2N4O4/c1-2-30-19(28)9-17(11-3-13(21)7-14(22)4-11)26-18(27)10-25-20(29)12-5-15(23)8-16(24)6-12/h11-17H,2-10,23-24H2,1H3,(H,25,29)(H,26,27). The van der Waals surface area contributed by atoms with Crippen molar-refractivity contribution in [3.63, 3.8) is 0 Å². The number of rotatable bonds is 8. The van der Waals surface area contributed by atoms with E-state index < -0.39 is 6.04 Å². The fourth-order valence-corrected chi connectivity index (χ4v) is 5.46. The van der Waals surface area contributed by atoms with E-state index in [1.807, 2.05) is 0 Å². The van der Waals surface area contributed by atoms with Crippen molar-refractivity contribution in [3.05, 3.63) is 0 Å². The number of nitrogens with one attached hydrogen (secondary N) is 2. The fraction of sp³-hybridized carbons (Fsp3) is 0.850. The first-order chi connectivity index (χ1) is 14.2. The lowest BCUT2D eigenvalue weighted by Gasteiger charge is -2.35. The van der Waals surface area contributed by atoms with Crippen LogP contribution in [0.1, 0.15) is 51.9 Å². The van der Waals surface area contributed by atoms with E-state index in [1.165, 1.54) is 0 Å². The molecule has 2 rings (SSSR count). The molecule has 0 heterocycles. The maximum absolute atomic E-state index is 12.5. The first-order valence-electron chi connectivity index (χ1n) is 10.7. The minimum atomic E-state index is -0.451. The van der Waals surface area contributed by atoms with Crippen LogP contribution < -0.4 is 22.1 Å². The maximum Gasteiger partial charge on any atom is 0.307 e. The Kier molecular flexibility index (Phi) is 10.1. The molecular formula is C20H34Cl2N4O4. The van der Waals surface area contributed by atoms with E-state index in [4.69, 9.17) is 39.4 Å². The molecule has 8 nitrogen and oxygen atoms in total. The lowest BCUT2D eigenvalue weighted by Crippen LogP contribution is -2.50. The molecule has 2 amide bonds. The second-order valence-corrected chi connectivity index (χ2v) is 9.72. The molecule has 0 spiro atoms. The van der Waals surface area contributed by atoms with Crippen LogP contribution in [-0.4, -0.2) is 59.8 Å². The van der Waals surface area contributed by atoms with Gasteiger partial charge in [0, 0.05) is 34.8 Å². The second kappa shape index (κ2) is 12.1. The van der Waals surface area contributed by atoms with Crippen LogP contribution in [0.4, 0.5) is 0 Å². The summed E-state index contributed by atoms with van der Waals surface area (Å²) in [6, 6.07) is -0.663. The lowest BCUT2D eigenvalue weighted by molar-refractivity contribution is -0.144. The van der Waals surface area contributed by atoms with Crippen LogP contribution in [0.3, 0.4) is 0 Å². The Bertz CT molecular complexity index is 589. The molecule has 2 fully saturated rings. The minimum Gasteiger partial charge on any atom is -0.466 e. The van der Waals surface area contributed by atoms with E-state index in [9.17, 15) is 14.4 Å². The van der Waals surface area contributed by atoms with Crippen molar-refractivity contribution in [1.82, 2.24) is 10.6 Å². The molecule has 10 heteroatoms. The van der Waals surface area contributed by atoms with Crippen molar-refractivity contribution in [2.45, 2.75) is 80.7 Å². The van der Waals surface area contributed by atoms with Gasteiger partial charge in [-0.3, -0.25) is 14.4 Å². The van der Waals surface area contributed by atoms with Crippen molar-refractivity contribution in [1.29, 1.82) is 0 Å². The van der Waals surface area contributed by atoms with Gasteiger partial charge < -0.3 is 26.8 Å². The summed E-state index contributed by atoms with van der Waals surface area (Å²) in [6.45, 7) is 1.82. The molecule has 0 aromatic rings. The highest BCUT2D eigenvalue weighted by Gasteiger charge is 2.34. The van der Waals surface area contributed by atoms with E-state index in [-0.39, 0.29) is 72.0 Å². The average molecular weight is 465 g/mol. The smallest absolute Gasteiger partial charge is 0.307 e. The summed E-state index contributed by atoms with van der Waals surface area (Å²) in [5.74, 6) is -1.32. The van der Waals surface area contributed by atoms with Gasteiger partial charge in [-0.15, -0.1) is 23.2 Å². The summed E-state index contributed by atoms with van der Waals surface area (Å²) in [6.07, 6.45) is 3.86. The van der Waals surface area contributed by atoms with Crippen LogP contribution >= 0.6 is 23.2 Å². The van der Waals surface area contributed by atoms with Gasteiger partial charge in [0.25, 0.3) is 0 Å². The zero-order chi connectivity index (χ0) is 22.3. The predicted octanol–water partition coefficient (Wildman–Crippen LogP) is 1.01. The fourth-order valence-electron chi connectivity index (χ4n) is 4.48. The van der Waals surface area contributed by atoms with E-state index in [2.05, 4.69) is 10.6 Å². The number of carbonyl (C=O) groups is 3. The summed E-state index contributed by atoms with van der Waals surface area (Å²) in [4.78, 5) is 37.0. The van der Waals surface area contributed by atoms with E-state index in [0.29, 0.717) is 38.5 Å². The molecule has 5 unspecified atom stereocenters. The van der Waals surface area contributed by atoms with Crippen LogP contribution in [-0.2, 0) is 19.1 Å².